The standard InChI is InChI=1S/C9H17NO4/c1-6(4-9(13)14)3-8(12)10-5-7(2)11/h6-7,11H,3-5H2,1-2H3,(H,10,12)(H,13,14)/t6?,7-/m0/s1. The van der Waals surface area contributed by atoms with Crippen molar-refractivity contribution in [3.8, 4) is 0 Å². The Labute approximate surface area is 83.1 Å². The van der Waals surface area contributed by atoms with Crippen molar-refractivity contribution in [3.63, 3.8) is 0 Å². The first-order valence-electron chi connectivity index (χ1n) is 4.58. The van der Waals surface area contributed by atoms with Crippen molar-refractivity contribution in [2.75, 3.05) is 6.54 Å². The molecule has 0 aliphatic rings. The quantitative estimate of drug-likeness (QED) is 0.566. The van der Waals surface area contributed by atoms with Crippen LogP contribution in [-0.4, -0.2) is 34.7 Å². The summed E-state index contributed by atoms with van der Waals surface area (Å²) in [7, 11) is 0. The Kier molecular flexibility index (Phi) is 5.87. The summed E-state index contributed by atoms with van der Waals surface area (Å²) in [6.45, 7) is 3.48. The Morgan fingerprint density at radius 1 is 1.29 bits per heavy atom. The van der Waals surface area contributed by atoms with Gasteiger partial charge in [0.2, 0.25) is 5.91 Å². The van der Waals surface area contributed by atoms with E-state index in [0.29, 0.717) is 0 Å². The minimum Gasteiger partial charge on any atom is -0.481 e. The van der Waals surface area contributed by atoms with Crippen LogP contribution in [0, 0.1) is 5.92 Å². The highest BCUT2D eigenvalue weighted by atomic mass is 16.4. The molecule has 5 heteroatoms. The maximum Gasteiger partial charge on any atom is 0.303 e. The van der Waals surface area contributed by atoms with E-state index in [9.17, 15) is 9.59 Å². The molecule has 3 N–H and O–H groups in total. The summed E-state index contributed by atoms with van der Waals surface area (Å²) in [5.74, 6) is -1.30. The number of nitrogens with one attached hydrogen (secondary N) is 1. The van der Waals surface area contributed by atoms with E-state index in [1.807, 2.05) is 0 Å². The number of aliphatic carboxylic acids is 1. The van der Waals surface area contributed by atoms with E-state index in [0.717, 1.165) is 0 Å². The lowest BCUT2D eigenvalue weighted by Gasteiger charge is -2.10. The first kappa shape index (κ1) is 12.9. The molecule has 1 unspecified atom stereocenters. The van der Waals surface area contributed by atoms with E-state index in [1.165, 1.54) is 0 Å². The van der Waals surface area contributed by atoms with Crippen LogP contribution in [-0.2, 0) is 9.59 Å². The monoisotopic (exact) mass is 203 g/mol. The smallest absolute Gasteiger partial charge is 0.303 e. The fourth-order valence-electron chi connectivity index (χ4n) is 1.02. The molecule has 0 rings (SSSR count). The van der Waals surface area contributed by atoms with Crippen LogP contribution < -0.4 is 5.32 Å². The molecule has 0 radical (unpaired) electrons. The minimum atomic E-state index is -0.902. The van der Waals surface area contributed by atoms with Gasteiger partial charge in [0.25, 0.3) is 0 Å². The van der Waals surface area contributed by atoms with Crippen molar-refractivity contribution >= 4 is 11.9 Å². The van der Waals surface area contributed by atoms with Crippen LogP contribution in [0.4, 0.5) is 0 Å². The van der Waals surface area contributed by atoms with Crippen molar-refractivity contribution < 1.29 is 19.8 Å². The Balaban J connectivity index is 3.66. The Bertz CT molecular complexity index is 203. The molecule has 0 saturated carbocycles. The maximum atomic E-state index is 11.1. The predicted molar refractivity (Wildman–Crippen MR) is 50.7 cm³/mol. The lowest BCUT2D eigenvalue weighted by atomic mass is 10.0. The first-order valence-corrected chi connectivity index (χ1v) is 4.58. The van der Waals surface area contributed by atoms with E-state index in [2.05, 4.69) is 5.32 Å². The van der Waals surface area contributed by atoms with Gasteiger partial charge < -0.3 is 15.5 Å². The number of hydrogen-bond acceptors (Lipinski definition) is 3. The van der Waals surface area contributed by atoms with Gasteiger partial charge in [0.1, 0.15) is 0 Å². The minimum absolute atomic E-state index is 0.0118. The second-order valence-electron chi connectivity index (χ2n) is 3.56. The molecule has 0 heterocycles. The Morgan fingerprint density at radius 2 is 1.86 bits per heavy atom. The van der Waals surface area contributed by atoms with Crippen LogP contribution in [0.2, 0.25) is 0 Å². The molecule has 2 atom stereocenters. The molecule has 1 amide bonds. The van der Waals surface area contributed by atoms with Gasteiger partial charge in [0.15, 0.2) is 0 Å². The van der Waals surface area contributed by atoms with Gasteiger partial charge in [-0.2, -0.15) is 0 Å². The molecule has 5 nitrogen and oxygen atoms in total. The molecule has 0 aromatic carbocycles. The van der Waals surface area contributed by atoms with Crippen LogP contribution in [0.3, 0.4) is 0 Å². The zero-order chi connectivity index (χ0) is 11.1. The van der Waals surface area contributed by atoms with Crippen LogP contribution in [0.1, 0.15) is 26.7 Å². The lowest BCUT2D eigenvalue weighted by Crippen LogP contribution is -2.31. The molecule has 0 aliphatic heterocycles. The van der Waals surface area contributed by atoms with Gasteiger partial charge in [-0.1, -0.05) is 6.92 Å². The molecule has 0 bridgehead atoms. The van der Waals surface area contributed by atoms with Crippen molar-refractivity contribution in [2.24, 2.45) is 5.92 Å². The van der Waals surface area contributed by atoms with Gasteiger partial charge >= 0.3 is 5.97 Å². The summed E-state index contributed by atoms with van der Waals surface area (Å²) in [4.78, 5) is 21.4. The SMILES string of the molecule is CC(CC(=O)O)CC(=O)NC[C@H](C)O. The fraction of sp³-hybridized carbons (Fsp3) is 0.778. The van der Waals surface area contributed by atoms with Gasteiger partial charge in [-0.15, -0.1) is 0 Å². The molecule has 0 saturated heterocycles. The van der Waals surface area contributed by atoms with E-state index in [-0.39, 0.29) is 31.2 Å². The second-order valence-corrected chi connectivity index (χ2v) is 3.56. The van der Waals surface area contributed by atoms with E-state index >= 15 is 0 Å². The molecule has 0 aromatic heterocycles. The van der Waals surface area contributed by atoms with Crippen LogP contribution in [0.15, 0.2) is 0 Å². The van der Waals surface area contributed by atoms with Gasteiger partial charge in [-0.25, -0.2) is 0 Å². The van der Waals surface area contributed by atoms with Gasteiger partial charge in [0.05, 0.1) is 6.10 Å². The average Bonchev–Trinajstić information content (AvgIpc) is 1.98. The number of carbonyl (C=O) groups is 2. The van der Waals surface area contributed by atoms with E-state index < -0.39 is 12.1 Å². The van der Waals surface area contributed by atoms with Gasteiger partial charge in [-0.05, 0) is 12.8 Å². The third kappa shape index (κ3) is 7.54. The van der Waals surface area contributed by atoms with Crippen LogP contribution >= 0.6 is 0 Å². The number of hydrogen-bond donors (Lipinski definition) is 3. The average molecular weight is 203 g/mol. The molecule has 82 valence electrons. The van der Waals surface area contributed by atoms with Crippen molar-refractivity contribution in [1.29, 1.82) is 0 Å². The number of aliphatic hydroxyl groups is 1. The number of carboxylic acid groups (broad SMARTS) is 1. The molecule has 0 spiro atoms. The second kappa shape index (κ2) is 6.37. The van der Waals surface area contributed by atoms with Gasteiger partial charge in [0, 0.05) is 19.4 Å². The predicted octanol–water partition coefficient (Wildman–Crippen LogP) is -0.0157. The molecule has 0 fully saturated rings. The fourth-order valence-corrected chi connectivity index (χ4v) is 1.02. The van der Waals surface area contributed by atoms with Crippen LogP contribution in [0.5, 0.6) is 0 Å². The Hall–Kier alpha value is -1.10. The lowest BCUT2D eigenvalue weighted by molar-refractivity contribution is -0.138. The van der Waals surface area contributed by atoms with Crippen molar-refractivity contribution in [3.05, 3.63) is 0 Å². The normalized spacial score (nSPS) is 14.5. The van der Waals surface area contributed by atoms with Crippen molar-refractivity contribution in [1.82, 2.24) is 5.32 Å². The zero-order valence-corrected chi connectivity index (χ0v) is 8.49. The number of aliphatic hydroxyl groups excluding tert-OH is 1. The summed E-state index contributed by atoms with van der Waals surface area (Å²) in [5, 5.41) is 19.8. The third-order valence-corrected chi connectivity index (χ3v) is 1.65. The largest absolute Gasteiger partial charge is 0.481 e. The summed E-state index contributed by atoms with van der Waals surface area (Å²) < 4.78 is 0. The highest BCUT2D eigenvalue weighted by Crippen LogP contribution is 2.06. The van der Waals surface area contributed by atoms with E-state index in [1.54, 1.807) is 13.8 Å². The topological polar surface area (TPSA) is 86.6 Å². The number of carbonyl (C=O) groups excluding carboxylic acids is 1. The number of rotatable bonds is 6. The summed E-state index contributed by atoms with van der Waals surface area (Å²) in [5.41, 5.74) is 0. The number of amides is 1. The maximum absolute atomic E-state index is 11.1. The molecule has 14 heavy (non-hydrogen) atoms. The Morgan fingerprint density at radius 3 is 2.29 bits per heavy atom. The molecule has 0 aliphatic carbocycles. The van der Waals surface area contributed by atoms with E-state index in [4.69, 9.17) is 10.2 Å². The summed E-state index contributed by atoms with van der Waals surface area (Å²) in [6, 6.07) is 0. The van der Waals surface area contributed by atoms with Gasteiger partial charge in [-0.3, -0.25) is 9.59 Å². The third-order valence-electron chi connectivity index (χ3n) is 1.65. The summed E-state index contributed by atoms with van der Waals surface area (Å²) >= 11 is 0. The highest BCUT2D eigenvalue weighted by Gasteiger charge is 2.12. The highest BCUT2D eigenvalue weighted by molar-refractivity contribution is 5.77. The first-order chi connectivity index (χ1) is 6.41. The van der Waals surface area contributed by atoms with Crippen LogP contribution in [0.25, 0.3) is 0 Å². The summed E-state index contributed by atoms with van der Waals surface area (Å²) in [6.07, 6.45) is -0.407. The molecular weight excluding hydrogens is 186 g/mol. The molecular formula is C9H17NO4. The molecule has 0 aromatic rings. The number of carboxylic acids is 1. The zero-order valence-electron chi connectivity index (χ0n) is 8.49. The van der Waals surface area contributed by atoms with Crippen molar-refractivity contribution in [2.45, 2.75) is 32.8 Å².